The summed E-state index contributed by atoms with van der Waals surface area (Å²) in [6.45, 7) is 5.60. The van der Waals surface area contributed by atoms with Gasteiger partial charge in [-0.25, -0.2) is 0 Å². The molecule has 0 aliphatic carbocycles. The van der Waals surface area contributed by atoms with Gasteiger partial charge in [0.1, 0.15) is 0 Å². The minimum absolute atomic E-state index is 0.107. The fraction of sp³-hybridized carbons (Fsp3) is 0.600. The van der Waals surface area contributed by atoms with E-state index >= 15 is 0 Å². The van der Waals surface area contributed by atoms with Crippen molar-refractivity contribution in [3.8, 4) is 0 Å². The molecule has 1 amide bonds. The van der Waals surface area contributed by atoms with Gasteiger partial charge in [0, 0.05) is 24.4 Å². The summed E-state index contributed by atoms with van der Waals surface area (Å²) < 4.78 is 0. The average Bonchev–Trinajstić information content (AvgIpc) is 3.02. The largest absolute Gasteiger partial charge is 0.481 e. The number of carbonyl (C=O) groups excluding carboxylic acids is 1. The zero-order valence-electron chi connectivity index (χ0n) is 12.0. The van der Waals surface area contributed by atoms with Gasteiger partial charge in [0.25, 0.3) is 5.91 Å². The molecule has 1 aromatic heterocycles. The summed E-state index contributed by atoms with van der Waals surface area (Å²) in [6.07, 6.45) is 2.74. The van der Waals surface area contributed by atoms with Gasteiger partial charge in [-0.15, -0.1) is 11.3 Å². The van der Waals surface area contributed by atoms with Gasteiger partial charge in [0.2, 0.25) is 0 Å². The molecule has 2 heterocycles. The lowest BCUT2D eigenvalue weighted by Gasteiger charge is -2.15. The van der Waals surface area contributed by atoms with Crippen LogP contribution in [0.5, 0.6) is 0 Å². The second-order valence-corrected chi connectivity index (χ2v) is 6.64. The number of aryl methyl sites for hydroxylation is 2. The molecule has 4 nitrogen and oxygen atoms in total. The van der Waals surface area contributed by atoms with Crippen LogP contribution in [0.3, 0.4) is 0 Å². The molecule has 2 rings (SSSR count). The first-order valence-electron chi connectivity index (χ1n) is 7.11. The monoisotopic (exact) mass is 295 g/mol. The van der Waals surface area contributed by atoms with Gasteiger partial charge in [0.15, 0.2) is 0 Å². The second-order valence-electron chi connectivity index (χ2n) is 5.38. The number of hydrogen-bond donors (Lipinski definition) is 1. The van der Waals surface area contributed by atoms with E-state index in [1.165, 1.54) is 10.4 Å². The van der Waals surface area contributed by atoms with E-state index in [9.17, 15) is 9.59 Å². The highest BCUT2D eigenvalue weighted by Crippen LogP contribution is 2.27. The van der Waals surface area contributed by atoms with Crippen LogP contribution in [0.4, 0.5) is 0 Å². The molecule has 1 aliphatic rings. The summed E-state index contributed by atoms with van der Waals surface area (Å²) in [6, 6.07) is 2.01. The van der Waals surface area contributed by atoms with Gasteiger partial charge in [-0.2, -0.15) is 0 Å². The lowest BCUT2D eigenvalue weighted by atomic mass is 10.0. The van der Waals surface area contributed by atoms with Crippen molar-refractivity contribution < 1.29 is 14.7 Å². The molecule has 1 atom stereocenters. The SMILES string of the molecule is CCc1cc(C(=O)N2CCC(CCC(=O)O)C2)sc1C. The quantitative estimate of drug-likeness (QED) is 0.908. The van der Waals surface area contributed by atoms with Crippen LogP contribution in [0.25, 0.3) is 0 Å². The molecule has 0 saturated carbocycles. The van der Waals surface area contributed by atoms with Crippen LogP contribution in [-0.4, -0.2) is 35.0 Å². The third-order valence-corrected chi connectivity index (χ3v) is 5.03. The number of thiophene rings is 1. The third-order valence-electron chi connectivity index (χ3n) is 3.95. The highest BCUT2D eigenvalue weighted by Gasteiger charge is 2.28. The Bertz CT molecular complexity index is 509. The molecule has 5 heteroatoms. The molecule has 0 spiro atoms. The minimum Gasteiger partial charge on any atom is -0.481 e. The second kappa shape index (κ2) is 6.39. The van der Waals surface area contributed by atoms with E-state index in [4.69, 9.17) is 5.11 Å². The van der Waals surface area contributed by atoms with Crippen LogP contribution < -0.4 is 0 Å². The lowest BCUT2D eigenvalue weighted by Crippen LogP contribution is -2.28. The van der Waals surface area contributed by atoms with E-state index in [-0.39, 0.29) is 12.3 Å². The molecule has 1 unspecified atom stereocenters. The molecule has 20 heavy (non-hydrogen) atoms. The number of carbonyl (C=O) groups is 2. The summed E-state index contributed by atoms with van der Waals surface area (Å²) in [5.74, 6) is -0.311. The number of nitrogens with zero attached hydrogens (tertiary/aromatic N) is 1. The highest BCUT2D eigenvalue weighted by atomic mass is 32.1. The van der Waals surface area contributed by atoms with Crippen molar-refractivity contribution in [2.75, 3.05) is 13.1 Å². The number of rotatable bonds is 5. The first-order valence-corrected chi connectivity index (χ1v) is 7.93. The van der Waals surface area contributed by atoms with Crippen molar-refractivity contribution in [2.24, 2.45) is 5.92 Å². The zero-order chi connectivity index (χ0) is 14.7. The van der Waals surface area contributed by atoms with Crippen LogP contribution in [0.15, 0.2) is 6.07 Å². The Morgan fingerprint density at radius 1 is 1.50 bits per heavy atom. The van der Waals surface area contributed by atoms with Gasteiger partial charge < -0.3 is 10.0 Å². The molecule has 1 N–H and O–H groups in total. The van der Waals surface area contributed by atoms with Crippen LogP contribution >= 0.6 is 11.3 Å². The number of aliphatic carboxylic acids is 1. The Kier molecular flexibility index (Phi) is 4.81. The standard InChI is InChI=1S/C15H21NO3S/c1-3-12-8-13(20-10(12)2)15(19)16-7-6-11(9-16)4-5-14(17)18/h8,11H,3-7,9H2,1-2H3,(H,17,18). The summed E-state index contributed by atoms with van der Waals surface area (Å²) in [5, 5.41) is 8.71. The summed E-state index contributed by atoms with van der Waals surface area (Å²) in [5.41, 5.74) is 1.25. The summed E-state index contributed by atoms with van der Waals surface area (Å²) >= 11 is 1.57. The van der Waals surface area contributed by atoms with Crippen molar-refractivity contribution in [1.29, 1.82) is 0 Å². The van der Waals surface area contributed by atoms with E-state index in [0.717, 1.165) is 24.3 Å². The van der Waals surface area contributed by atoms with Crippen molar-refractivity contribution in [1.82, 2.24) is 4.90 Å². The Morgan fingerprint density at radius 2 is 2.25 bits per heavy atom. The van der Waals surface area contributed by atoms with Crippen LogP contribution in [-0.2, 0) is 11.2 Å². The van der Waals surface area contributed by atoms with E-state index in [2.05, 4.69) is 13.8 Å². The number of likely N-dealkylation sites (tertiary alicyclic amines) is 1. The van der Waals surface area contributed by atoms with Crippen molar-refractivity contribution in [3.05, 3.63) is 21.4 Å². The van der Waals surface area contributed by atoms with E-state index in [1.54, 1.807) is 11.3 Å². The fourth-order valence-electron chi connectivity index (χ4n) is 2.71. The molecule has 110 valence electrons. The Morgan fingerprint density at radius 3 is 2.85 bits per heavy atom. The Labute approximate surface area is 123 Å². The number of hydrogen-bond acceptors (Lipinski definition) is 3. The molecule has 0 radical (unpaired) electrons. The molecule has 1 aliphatic heterocycles. The van der Waals surface area contributed by atoms with E-state index in [1.807, 2.05) is 11.0 Å². The van der Waals surface area contributed by atoms with Crippen LogP contribution in [0, 0.1) is 12.8 Å². The molecule has 1 fully saturated rings. The zero-order valence-corrected chi connectivity index (χ0v) is 12.8. The third kappa shape index (κ3) is 3.39. The van der Waals surface area contributed by atoms with Gasteiger partial charge in [0.05, 0.1) is 4.88 Å². The predicted octanol–water partition coefficient (Wildman–Crippen LogP) is 2.95. The van der Waals surface area contributed by atoms with Crippen LogP contribution in [0.2, 0.25) is 0 Å². The minimum atomic E-state index is -0.753. The lowest BCUT2D eigenvalue weighted by molar-refractivity contribution is -0.137. The fourth-order valence-corrected chi connectivity index (χ4v) is 3.79. The number of amides is 1. The van der Waals surface area contributed by atoms with E-state index < -0.39 is 5.97 Å². The number of carboxylic acids is 1. The number of carboxylic acid groups (broad SMARTS) is 1. The van der Waals surface area contributed by atoms with Gasteiger partial charge in [-0.3, -0.25) is 9.59 Å². The van der Waals surface area contributed by atoms with Crippen LogP contribution in [0.1, 0.15) is 46.3 Å². The first kappa shape index (κ1) is 15.0. The molecular weight excluding hydrogens is 274 g/mol. The van der Waals surface area contributed by atoms with E-state index in [0.29, 0.717) is 18.9 Å². The first-order chi connectivity index (χ1) is 9.51. The average molecular weight is 295 g/mol. The normalized spacial score (nSPS) is 18.5. The maximum Gasteiger partial charge on any atom is 0.303 e. The molecule has 0 aromatic carbocycles. The van der Waals surface area contributed by atoms with Crippen molar-refractivity contribution >= 4 is 23.2 Å². The Hall–Kier alpha value is -1.36. The van der Waals surface area contributed by atoms with Gasteiger partial charge >= 0.3 is 5.97 Å². The predicted molar refractivity (Wildman–Crippen MR) is 79.3 cm³/mol. The topological polar surface area (TPSA) is 57.6 Å². The smallest absolute Gasteiger partial charge is 0.303 e. The highest BCUT2D eigenvalue weighted by molar-refractivity contribution is 7.14. The van der Waals surface area contributed by atoms with Gasteiger partial charge in [-0.1, -0.05) is 6.92 Å². The van der Waals surface area contributed by atoms with Crippen molar-refractivity contribution in [3.63, 3.8) is 0 Å². The Balaban J connectivity index is 1.95. The summed E-state index contributed by atoms with van der Waals surface area (Å²) in [4.78, 5) is 26.9. The van der Waals surface area contributed by atoms with Gasteiger partial charge in [-0.05, 0) is 43.7 Å². The molecular formula is C15H21NO3S. The maximum absolute atomic E-state index is 12.4. The molecule has 1 aromatic rings. The van der Waals surface area contributed by atoms with Crippen molar-refractivity contribution in [2.45, 2.75) is 39.5 Å². The molecule has 1 saturated heterocycles. The molecule has 0 bridgehead atoms. The summed E-state index contributed by atoms with van der Waals surface area (Å²) in [7, 11) is 0. The maximum atomic E-state index is 12.4.